The number of hydrogen-bond acceptors (Lipinski definition) is 4. The number of nitrogens with two attached hydrogens (primary N) is 1. The number of hydrazine groups is 1. The van der Waals surface area contributed by atoms with E-state index in [0.717, 1.165) is 18.8 Å². The first-order chi connectivity index (χ1) is 6.81. The lowest BCUT2D eigenvalue weighted by molar-refractivity contribution is 0.976. The van der Waals surface area contributed by atoms with Crippen LogP contribution >= 0.6 is 35.6 Å². The van der Waals surface area contributed by atoms with Crippen molar-refractivity contribution >= 4 is 47.2 Å². The predicted molar refractivity (Wildman–Crippen MR) is 73.8 cm³/mol. The van der Waals surface area contributed by atoms with E-state index in [1.54, 1.807) is 0 Å². The summed E-state index contributed by atoms with van der Waals surface area (Å²) in [5.41, 5.74) is 3.57. The Hall–Kier alpha value is -0.530. The quantitative estimate of drug-likeness (QED) is 0.465. The number of aliphatic imine (C=N–C) groups is 1. The summed E-state index contributed by atoms with van der Waals surface area (Å²) in [6, 6.07) is 7.61. The van der Waals surface area contributed by atoms with Crippen molar-refractivity contribution in [1.82, 2.24) is 5.43 Å². The van der Waals surface area contributed by atoms with Crippen molar-refractivity contribution in [1.29, 1.82) is 0 Å². The molecule has 0 saturated carbocycles. The second-order valence-electron chi connectivity index (χ2n) is 2.98. The van der Waals surface area contributed by atoms with Crippen molar-refractivity contribution in [3.05, 3.63) is 29.3 Å². The van der Waals surface area contributed by atoms with Crippen LogP contribution in [0.2, 0.25) is 5.02 Å². The van der Waals surface area contributed by atoms with Gasteiger partial charge >= 0.3 is 0 Å². The Labute approximate surface area is 110 Å². The lowest BCUT2D eigenvalue weighted by atomic mass is 10.3. The molecule has 0 saturated heterocycles. The molecule has 15 heavy (non-hydrogen) atoms. The van der Waals surface area contributed by atoms with Crippen LogP contribution in [0.25, 0.3) is 0 Å². The second-order valence-corrected chi connectivity index (χ2v) is 3.42. The van der Waals surface area contributed by atoms with Gasteiger partial charge in [0.15, 0.2) is 0 Å². The average Bonchev–Trinajstić information content (AvgIpc) is 2.65. The number of rotatable bonds is 1. The minimum atomic E-state index is 0. The summed E-state index contributed by atoms with van der Waals surface area (Å²) in [5.74, 6) is 6.03. The van der Waals surface area contributed by atoms with Gasteiger partial charge in [0.05, 0.1) is 6.54 Å². The van der Waals surface area contributed by atoms with Crippen LogP contribution in [0.5, 0.6) is 0 Å². The summed E-state index contributed by atoms with van der Waals surface area (Å²) in [5, 5.41) is 0.714. The maximum absolute atomic E-state index is 5.90. The van der Waals surface area contributed by atoms with Crippen molar-refractivity contribution in [2.24, 2.45) is 10.8 Å². The number of nitrogens with zero attached hydrogens (tertiary/aromatic N) is 2. The standard InChI is InChI=1S/C9H11ClN4.HI/c10-7-2-1-3-8(6-7)14-5-4-12-9(14)13-11;/h1-3,6H,4-5,11H2,(H,12,13);1H. The number of guanidine groups is 1. The molecule has 1 aromatic carbocycles. The third-order valence-corrected chi connectivity index (χ3v) is 2.32. The smallest absolute Gasteiger partial charge is 0.213 e. The normalized spacial score (nSPS) is 14.5. The monoisotopic (exact) mass is 338 g/mol. The third kappa shape index (κ3) is 2.73. The lowest BCUT2D eigenvalue weighted by Gasteiger charge is -2.19. The average molecular weight is 339 g/mol. The summed E-state index contributed by atoms with van der Waals surface area (Å²) >= 11 is 5.90. The molecule has 2 rings (SSSR count). The van der Waals surface area contributed by atoms with Crippen LogP contribution in [0.4, 0.5) is 5.69 Å². The first kappa shape index (κ1) is 12.5. The first-order valence-corrected chi connectivity index (χ1v) is 4.73. The van der Waals surface area contributed by atoms with Crippen molar-refractivity contribution in [2.45, 2.75) is 0 Å². The fourth-order valence-corrected chi connectivity index (χ4v) is 1.65. The van der Waals surface area contributed by atoms with Crippen LogP contribution in [0, 0.1) is 0 Å². The van der Waals surface area contributed by atoms with Gasteiger partial charge in [0.1, 0.15) is 0 Å². The Morgan fingerprint density at radius 2 is 2.27 bits per heavy atom. The van der Waals surface area contributed by atoms with Gasteiger partial charge in [-0.2, -0.15) is 0 Å². The van der Waals surface area contributed by atoms with Gasteiger partial charge in [-0.1, -0.05) is 17.7 Å². The molecule has 4 nitrogen and oxygen atoms in total. The summed E-state index contributed by atoms with van der Waals surface area (Å²) < 4.78 is 0. The molecule has 1 aromatic rings. The molecule has 0 unspecified atom stereocenters. The van der Waals surface area contributed by atoms with Gasteiger partial charge in [-0.3, -0.25) is 5.43 Å². The Morgan fingerprint density at radius 1 is 1.47 bits per heavy atom. The molecule has 0 spiro atoms. The van der Waals surface area contributed by atoms with E-state index >= 15 is 0 Å². The van der Waals surface area contributed by atoms with Crippen LogP contribution in [0.15, 0.2) is 29.3 Å². The number of halogens is 2. The fraction of sp³-hybridized carbons (Fsp3) is 0.222. The van der Waals surface area contributed by atoms with E-state index in [1.165, 1.54) is 0 Å². The molecule has 6 heteroatoms. The lowest BCUT2D eigenvalue weighted by Crippen LogP contribution is -2.42. The van der Waals surface area contributed by atoms with Crippen molar-refractivity contribution in [3.63, 3.8) is 0 Å². The highest BCUT2D eigenvalue weighted by Gasteiger charge is 2.17. The maximum atomic E-state index is 5.90. The predicted octanol–water partition coefficient (Wildman–Crippen LogP) is 1.60. The molecule has 1 aliphatic heterocycles. The molecule has 0 aliphatic carbocycles. The molecule has 0 fully saturated rings. The summed E-state index contributed by atoms with van der Waals surface area (Å²) in [7, 11) is 0. The van der Waals surface area contributed by atoms with Gasteiger partial charge in [0.25, 0.3) is 0 Å². The highest BCUT2D eigenvalue weighted by Crippen LogP contribution is 2.20. The van der Waals surface area contributed by atoms with E-state index in [1.807, 2.05) is 29.2 Å². The number of nitrogens with one attached hydrogen (secondary N) is 1. The van der Waals surface area contributed by atoms with Crippen LogP contribution in [0.3, 0.4) is 0 Å². The van der Waals surface area contributed by atoms with Crippen molar-refractivity contribution < 1.29 is 0 Å². The highest BCUT2D eigenvalue weighted by molar-refractivity contribution is 14.0. The SMILES string of the molecule is I.NNC1=NCCN1c1cccc(Cl)c1. The van der Waals surface area contributed by atoms with Crippen LogP contribution < -0.4 is 16.2 Å². The Kier molecular flexibility index (Phi) is 4.62. The topological polar surface area (TPSA) is 53.6 Å². The van der Waals surface area contributed by atoms with Crippen molar-refractivity contribution in [2.75, 3.05) is 18.0 Å². The minimum Gasteiger partial charge on any atom is -0.310 e. The number of hydrogen-bond donors (Lipinski definition) is 2. The Morgan fingerprint density at radius 3 is 2.93 bits per heavy atom. The molecule has 0 aromatic heterocycles. The summed E-state index contributed by atoms with van der Waals surface area (Å²) in [6.45, 7) is 1.59. The number of anilines is 1. The zero-order chi connectivity index (χ0) is 9.97. The Balaban J connectivity index is 0.00000112. The minimum absolute atomic E-state index is 0. The van der Waals surface area contributed by atoms with Gasteiger partial charge in [0.2, 0.25) is 5.96 Å². The van der Waals surface area contributed by atoms with E-state index in [0.29, 0.717) is 11.0 Å². The highest BCUT2D eigenvalue weighted by atomic mass is 127. The van der Waals surface area contributed by atoms with Gasteiger partial charge < -0.3 is 4.90 Å². The summed E-state index contributed by atoms with van der Waals surface area (Å²) in [6.07, 6.45) is 0. The maximum Gasteiger partial charge on any atom is 0.213 e. The molecular formula is C9H12ClIN4. The van der Waals surface area contributed by atoms with Gasteiger partial charge in [-0.25, -0.2) is 10.8 Å². The first-order valence-electron chi connectivity index (χ1n) is 4.35. The molecule has 82 valence electrons. The van der Waals surface area contributed by atoms with Gasteiger partial charge in [-0.15, -0.1) is 24.0 Å². The molecular weight excluding hydrogens is 326 g/mol. The van der Waals surface area contributed by atoms with E-state index in [2.05, 4.69) is 10.4 Å². The molecule has 3 N–H and O–H groups in total. The van der Waals surface area contributed by atoms with Gasteiger partial charge in [-0.05, 0) is 18.2 Å². The van der Waals surface area contributed by atoms with Crippen LogP contribution in [-0.2, 0) is 0 Å². The zero-order valence-electron chi connectivity index (χ0n) is 7.98. The van der Waals surface area contributed by atoms with E-state index < -0.39 is 0 Å². The molecule has 1 heterocycles. The van der Waals surface area contributed by atoms with E-state index in [4.69, 9.17) is 17.4 Å². The fourth-order valence-electron chi connectivity index (χ4n) is 1.47. The molecule has 1 aliphatic rings. The van der Waals surface area contributed by atoms with Gasteiger partial charge in [0, 0.05) is 17.3 Å². The van der Waals surface area contributed by atoms with Crippen LogP contribution in [0.1, 0.15) is 0 Å². The third-order valence-electron chi connectivity index (χ3n) is 2.09. The number of benzene rings is 1. The summed E-state index contributed by atoms with van der Waals surface area (Å²) in [4.78, 5) is 6.20. The van der Waals surface area contributed by atoms with E-state index in [-0.39, 0.29) is 24.0 Å². The van der Waals surface area contributed by atoms with E-state index in [9.17, 15) is 0 Å². The molecule has 0 amide bonds. The molecule has 0 radical (unpaired) electrons. The van der Waals surface area contributed by atoms with Crippen LogP contribution in [-0.4, -0.2) is 19.0 Å². The molecule has 0 atom stereocenters. The van der Waals surface area contributed by atoms with Crippen molar-refractivity contribution in [3.8, 4) is 0 Å². The zero-order valence-corrected chi connectivity index (χ0v) is 11.1. The Bertz CT molecular complexity index is 369. The largest absolute Gasteiger partial charge is 0.310 e. The second kappa shape index (κ2) is 5.53. The molecule has 0 bridgehead atoms.